The van der Waals surface area contributed by atoms with Gasteiger partial charge in [-0.2, -0.15) is 0 Å². The minimum absolute atomic E-state index is 0.398. The quantitative estimate of drug-likeness (QED) is 0.715. The van der Waals surface area contributed by atoms with E-state index in [0.717, 1.165) is 9.13 Å². The summed E-state index contributed by atoms with van der Waals surface area (Å²) >= 11 is 2.18. The lowest BCUT2D eigenvalue weighted by molar-refractivity contribution is 0.133. The first-order valence-corrected chi connectivity index (χ1v) is 6.07. The summed E-state index contributed by atoms with van der Waals surface area (Å²) in [6.45, 7) is 1.72. The number of fused-ring (bicyclic) bond motifs is 1. The van der Waals surface area contributed by atoms with E-state index in [9.17, 15) is 9.90 Å². The third-order valence-corrected chi connectivity index (χ3v) is 3.57. The summed E-state index contributed by atoms with van der Waals surface area (Å²) in [5, 5.41) is 19.0. The molecule has 0 aliphatic carbocycles. The van der Waals surface area contributed by atoms with E-state index in [1.807, 2.05) is 12.1 Å². The molecule has 0 aromatic heterocycles. The molecule has 0 saturated heterocycles. The van der Waals surface area contributed by atoms with Crippen molar-refractivity contribution in [2.45, 2.75) is 25.5 Å². The molecule has 2 rings (SSSR count). The molecule has 1 aliphatic rings. The first kappa shape index (κ1) is 11.7. The van der Waals surface area contributed by atoms with E-state index in [2.05, 4.69) is 22.6 Å². The number of halogens is 1. The van der Waals surface area contributed by atoms with Gasteiger partial charge < -0.3 is 10.2 Å². The zero-order valence-corrected chi connectivity index (χ0v) is 10.9. The van der Waals surface area contributed by atoms with E-state index < -0.39 is 18.2 Å². The van der Waals surface area contributed by atoms with Crippen LogP contribution in [0.2, 0.25) is 0 Å². The molecule has 0 spiro atoms. The fourth-order valence-corrected chi connectivity index (χ4v) is 2.57. The molecule has 0 bridgehead atoms. The fourth-order valence-electron chi connectivity index (χ4n) is 2.02. The van der Waals surface area contributed by atoms with Crippen LogP contribution in [0.25, 0.3) is 0 Å². The number of anilines is 1. The Bertz CT molecular complexity index is 435. The van der Waals surface area contributed by atoms with Crippen LogP contribution in [0.15, 0.2) is 18.2 Å². The minimum Gasteiger partial charge on any atom is -0.465 e. The van der Waals surface area contributed by atoms with Gasteiger partial charge in [0.25, 0.3) is 0 Å². The van der Waals surface area contributed by atoms with Gasteiger partial charge in [0.15, 0.2) is 0 Å². The Morgan fingerprint density at radius 1 is 1.56 bits per heavy atom. The molecule has 1 amide bonds. The Labute approximate surface area is 107 Å². The molecule has 0 unspecified atom stereocenters. The van der Waals surface area contributed by atoms with Crippen molar-refractivity contribution in [1.82, 2.24) is 0 Å². The fraction of sp³-hybridized carbons (Fsp3) is 0.364. The van der Waals surface area contributed by atoms with E-state index in [1.165, 1.54) is 4.90 Å². The normalized spacial score (nSPS) is 24.1. The van der Waals surface area contributed by atoms with E-state index in [4.69, 9.17) is 5.11 Å². The van der Waals surface area contributed by atoms with Gasteiger partial charge in [-0.1, -0.05) is 0 Å². The second kappa shape index (κ2) is 4.21. The Morgan fingerprint density at radius 2 is 2.25 bits per heavy atom. The van der Waals surface area contributed by atoms with Crippen LogP contribution in [-0.2, 0) is 6.42 Å². The SMILES string of the molecule is C[C@H]1[C@H](O)Cc2cc(I)ccc2N1C(=O)O. The number of rotatable bonds is 0. The van der Waals surface area contributed by atoms with Gasteiger partial charge in [0.05, 0.1) is 17.8 Å². The number of hydrogen-bond acceptors (Lipinski definition) is 2. The number of benzene rings is 1. The van der Waals surface area contributed by atoms with Crippen molar-refractivity contribution in [3.63, 3.8) is 0 Å². The lowest BCUT2D eigenvalue weighted by Crippen LogP contribution is -2.49. The van der Waals surface area contributed by atoms with E-state index in [-0.39, 0.29) is 0 Å². The summed E-state index contributed by atoms with van der Waals surface area (Å²) < 4.78 is 1.04. The molecule has 1 heterocycles. The smallest absolute Gasteiger partial charge is 0.412 e. The first-order valence-electron chi connectivity index (χ1n) is 4.99. The molecular weight excluding hydrogens is 321 g/mol. The summed E-state index contributed by atoms with van der Waals surface area (Å²) in [6, 6.07) is 5.19. The first-order chi connectivity index (χ1) is 7.50. The zero-order valence-electron chi connectivity index (χ0n) is 8.72. The predicted octanol–water partition coefficient (Wildman–Crippen LogP) is 2.08. The topological polar surface area (TPSA) is 60.8 Å². The van der Waals surface area contributed by atoms with Gasteiger partial charge in [-0.05, 0) is 53.3 Å². The summed E-state index contributed by atoms with van der Waals surface area (Å²) in [5.41, 5.74) is 1.57. The number of aliphatic hydroxyl groups is 1. The van der Waals surface area contributed by atoms with Gasteiger partial charge in [0, 0.05) is 9.99 Å². The highest BCUT2D eigenvalue weighted by molar-refractivity contribution is 14.1. The predicted molar refractivity (Wildman–Crippen MR) is 68.8 cm³/mol. The second-order valence-electron chi connectivity index (χ2n) is 3.94. The molecule has 86 valence electrons. The largest absolute Gasteiger partial charge is 0.465 e. The molecule has 1 aromatic rings. The van der Waals surface area contributed by atoms with E-state index in [1.54, 1.807) is 13.0 Å². The maximum Gasteiger partial charge on any atom is 0.412 e. The van der Waals surface area contributed by atoms with Crippen LogP contribution in [0.1, 0.15) is 12.5 Å². The summed E-state index contributed by atoms with van der Waals surface area (Å²) in [4.78, 5) is 12.4. The molecule has 16 heavy (non-hydrogen) atoms. The Balaban J connectivity index is 2.52. The molecule has 4 nitrogen and oxygen atoms in total. The number of hydrogen-bond donors (Lipinski definition) is 2. The van der Waals surface area contributed by atoms with Crippen LogP contribution in [-0.4, -0.2) is 28.5 Å². The molecule has 0 fully saturated rings. The molecule has 0 saturated carbocycles. The van der Waals surface area contributed by atoms with Crippen LogP contribution >= 0.6 is 22.6 Å². The molecule has 1 aromatic carbocycles. The van der Waals surface area contributed by atoms with Crippen LogP contribution in [0.5, 0.6) is 0 Å². The van der Waals surface area contributed by atoms with Crippen molar-refractivity contribution in [2.24, 2.45) is 0 Å². The van der Waals surface area contributed by atoms with Gasteiger partial charge in [0.2, 0.25) is 0 Å². The number of carbonyl (C=O) groups is 1. The van der Waals surface area contributed by atoms with Crippen molar-refractivity contribution in [3.05, 3.63) is 27.3 Å². The van der Waals surface area contributed by atoms with Crippen molar-refractivity contribution in [2.75, 3.05) is 4.90 Å². The van der Waals surface area contributed by atoms with Crippen LogP contribution < -0.4 is 4.90 Å². The van der Waals surface area contributed by atoms with Crippen molar-refractivity contribution in [1.29, 1.82) is 0 Å². The van der Waals surface area contributed by atoms with Gasteiger partial charge >= 0.3 is 6.09 Å². The number of aliphatic hydroxyl groups excluding tert-OH is 1. The maximum absolute atomic E-state index is 11.2. The number of nitrogens with zero attached hydrogens (tertiary/aromatic N) is 1. The Hall–Kier alpha value is -0.820. The van der Waals surface area contributed by atoms with E-state index in [0.29, 0.717) is 12.1 Å². The summed E-state index contributed by atoms with van der Waals surface area (Å²) in [5.74, 6) is 0. The van der Waals surface area contributed by atoms with Crippen LogP contribution in [0.3, 0.4) is 0 Å². The Kier molecular flexibility index (Phi) is 3.07. The lowest BCUT2D eigenvalue weighted by Gasteiger charge is -2.36. The molecule has 1 aliphatic heterocycles. The molecule has 0 radical (unpaired) electrons. The number of amides is 1. The molecule has 5 heteroatoms. The maximum atomic E-state index is 11.2. The highest BCUT2D eigenvalue weighted by Crippen LogP contribution is 2.32. The summed E-state index contributed by atoms with van der Waals surface area (Å²) in [7, 11) is 0. The third kappa shape index (κ3) is 1.89. The average Bonchev–Trinajstić information content (AvgIpc) is 2.19. The second-order valence-corrected chi connectivity index (χ2v) is 5.18. The third-order valence-electron chi connectivity index (χ3n) is 2.90. The van der Waals surface area contributed by atoms with Gasteiger partial charge in [0.1, 0.15) is 0 Å². The minimum atomic E-state index is -1.02. The standard InChI is InChI=1S/C11H12INO3/c1-6-10(14)5-7-4-8(12)2-3-9(7)13(6)11(15)16/h2-4,6,10,14H,5H2,1H3,(H,15,16)/t6-,10+/m0/s1. The number of carboxylic acid groups (broad SMARTS) is 1. The van der Waals surface area contributed by atoms with Crippen LogP contribution in [0, 0.1) is 3.57 Å². The summed E-state index contributed by atoms with van der Waals surface area (Å²) in [6.07, 6.45) is -1.15. The lowest BCUT2D eigenvalue weighted by atomic mass is 9.94. The van der Waals surface area contributed by atoms with E-state index >= 15 is 0 Å². The van der Waals surface area contributed by atoms with Crippen molar-refractivity contribution in [3.8, 4) is 0 Å². The van der Waals surface area contributed by atoms with Crippen LogP contribution in [0.4, 0.5) is 10.5 Å². The Morgan fingerprint density at radius 3 is 2.88 bits per heavy atom. The highest BCUT2D eigenvalue weighted by atomic mass is 127. The monoisotopic (exact) mass is 333 g/mol. The molecular formula is C11H12INO3. The zero-order chi connectivity index (χ0) is 11.9. The van der Waals surface area contributed by atoms with Gasteiger partial charge in [-0.15, -0.1) is 0 Å². The van der Waals surface area contributed by atoms with Gasteiger partial charge in [-0.3, -0.25) is 4.90 Å². The highest BCUT2D eigenvalue weighted by Gasteiger charge is 2.33. The van der Waals surface area contributed by atoms with Crippen molar-refractivity contribution >= 4 is 34.4 Å². The van der Waals surface area contributed by atoms with Crippen molar-refractivity contribution < 1.29 is 15.0 Å². The molecule has 2 atom stereocenters. The molecule has 2 N–H and O–H groups in total. The average molecular weight is 333 g/mol. The van der Waals surface area contributed by atoms with Gasteiger partial charge in [-0.25, -0.2) is 4.79 Å².